The summed E-state index contributed by atoms with van der Waals surface area (Å²) in [5, 5.41) is 6.09. The van der Waals surface area contributed by atoms with Gasteiger partial charge in [-0.25, -0.2) is 4.79 Å². The fraction of sp³-hybridized carbons (Fsp3) is 0.357. The third-order valence-corrected chi connectivity index (χ3v) is 3.00. The van der Waals surface area contributed by atoms with E-state index in [-0.39, 0.29) is 18.6 Å². The standard InChI is InChI=1S/C14H17N3O4/c1-20-15-7-13(18)17-8-12(9-17)16-14(19)21-10-11-5-3-2-4-6-11/h2-7,12H,8-10H2,1H3,(H,16,19). The van der Waals surface area contributed by atoms with Crippen LogP contribution in [0.1, 0.15) is 5.56 Å². The zero-order valence-corrected chi connectivity index (χ0v) is 11.7. The topological polar surface area (TPSA) is 80.2 Å². The maximum absolute atomic E-state index is 11.6. The lowest BCUT2D eigenvalue weighted by Gasteiger charge is -2.38. The van der Waals surface area contributed by atoms with E-state index in [1.54, 1.807) is 4.90 Å². The Balaban J connectivity index is 1.64. The Bertz CT molecular complexity index is 512. The van der Waals surface area contributed by atoms with Gasteiger partial charge in [-0.15, -0.1) is 0 Å². The summed E-state index contributed by atoms with van der Waals surface area (Å²) in [6, 6.07) is 9.34. The van der Waals surface area contributed by atoms with Gasteiger partial charge in [0.15, 0.2) is 0 Å². The van der Waals surface area contributed by atoms with Crippen molar-refractivity contribution in [3.05, 3.63) is 35.9 Å². The summed E-state index contributed by atoms with van der Waals surface area (Å²) in [6.45, 7) is 1.10. The van der Waals surface area contributed by atoms with Crippen molar-refractivity contribution in [2.45, 2.75) is 12.6 Å². The monoisotopic (exact) mass is 291 g/mol. The number of likely N-dealkylation sites (tertiary alicyclic amines) is 1. The maximum atomic E-state index is 11.6. The Morgan fingerprint density at radius 1 is 1.38 bits per heavy atom. The SMILES string of the molecule is CON=CC(=O)N1CC(NC(=O)OCc2ccccc2)C1. The van der Waals surface area contributed by atoms with Crippen molar-refractivity contribution < 1.29 is 19.2 Å². The molecular weight excluding hydrogens is 274 g/mol. The maximum Gasteiger partial charge on any atom is 0.407 e. The van der Waals surface area contributed by atoms with Crippen LogP contribution in [0.15, 0.2) is 35.5 Å². The van der Waals surface area contributed by atoms with E-state index in [1.807, 2.05) is 30.3 Å². The van der Waals surface area contributed by atoms with Crippen LogP contribution in [0.2, 0.25) is 0 Å². The number of rotatable bonds is 5. The largest absolute Gasteiger partial charge is 0.445 e. The number of alkyl carbamates (subject to hydrolysis) is 1. The van der Waals surface area contributed by atoms with Crippen LogP contribution in [-0.4, -0.2) is 49.4 Å². The van der Waals surface area contributed by atoms with Crippen LogP contribution in [0.5, 0.6) is 0 Å². The van der Waals surface area contributed by atoms with Gasteiger partial charge < -0.3 is 19.8 Å². The molecular formula is C14H17N3O4. The molecule has 0 aromatic heterocycles. The number of oxime groups is 1. The molecule has 0 radical (unpaired) electrons. The van der Waals surface area contributed by atoms with Crippen molar-refractivity contribution in [3.63, 3.8) is 0 Å². The number of nitrogens with one attached hydrogen (secondary N) is 1. The molecule has 7 nitrogen and oxygen atoms in total. The number of benzene rings is 1. The normalized spacial score (nSPS) is 14.6. The van der Waals surface area contributed by atoms with Crippen LogP contribution in [0, 0.1) is 0 Å². The van der Waals surface area contributed by atoms with E-state index in [9.17, 15) is 9.59 Å². The number of carbonyl (C=O) groups is 2. The summed E-state index contributed by atoms with van der Waals surface area (Å²) in [5.41, 5.74) is 0.925. The summed E-state index contributed by atoms with van der Waals surface area (Å²) in [4.78, 5) is 29.0. The van der Waals surface area contributed by atoms with E-state index in [1.165, 1.54) is 7.11 Å². The second-order valence-electron chi connectivity index (χ2n) is 4.56. The Morgan fingerprint density at radius 3 is 2.76 bits per heavy atom. The van der Waals surface area contributed by atoms with Gasteiger partial charge in [0.1, 0.15) is 19.9 Å². The van der Waals surface area contributed by atoms with Crippen molar-refractivity contribution in [2.24, 2.45) is 5.16 Å². The molecule has 0 aliphatic carbocycles. The minimum absolute atomic E-state index is 0.0897. The lowest BCUT2D eigenvalue weighted by molar-refractivity contribution is -0.128. The second kappa shape index (κ2) is 7.28. The molecule has 0 spiro atoms. The summed E-state index contributed by atoms with van der Waals surface area (Å²) in [6.07, 6.45) is 0.616. The van der Waals surface area contributed by atoms with E-state index in [4.69, 9.17) is 4.74 Å². The Hall–Kier alpha value is -2.57. The minimum Gasteiger partial charge on any atom is -0.445 e. The molecule has 21 heavy (non-hydrogen) atoms. The molecule has 0 atom stereocenters. The molecule has 0 bridgehead atoms. The van der Waals surface area contributed by atoms with Gasteiger partial charge in [0.2, 0.25) is 0 Å². The van der Waals surface area contributed by atoms with Crippen molar-refractivity contribution in [2.75, 3.05) is 20.2 Å². The average Bonchev–Trinajstić information content (AvgIpc) is 2.47. The predicted octanol–water partition coefficient (Wildman–Crippen LogP) is 0.756. The lowest BCUT2D eigenvalue weighted by atomic mass is 10.1. The number of amides is 2. The summed E-state index contributed by atoms with van der Waals surface area (Å²) in [7, 11) is 1.37. The molecule has 0 unspecified atom stereocenters. The molecule has 1 saturated heterocycles. The fourth-order valence-corrected chi connectivity index (χ4v) is 1.86. The Labute approximate surface area is 122 Å². The fourth-order valence-electron chi connectivity index (χ4n) is 1.86. The molecule has 1 aromatic rings. The van der Waals surface area contributed by atoms with Crippen LogP contribution in [0.4, 0.5) is 4.79 Å². The minimum atomic E-state index is -0.485. The van der Waals surface area contributed by atoms with Crippen molar-refractivity contribution in [3.8, 4) is 0 Å². The summed E-state index contributed by atoms with van der Waals surface area (Å²) < 4.78 is 5.10. The lowest BCUT2D eigenvalue weighted by Crippen LogP contribution is -2.61. The number of carbonyl (C=O) groups excluding carboxylic acids is 2. The summed E-state index contributed by atoms with van der Waals surface area (Å²) >= 11 is 0. The molecule has 1 heterocycles. The highest BCUT2D eigenvalue weighted by Gasteiger charge is 2.31. The Kier molecular flexibility index (Phi) is 5.14. The van der Waals surface area contributed by atoms with Gasteiger partial charge in [0.25, 0.3) is 5.91 Å². The van der Waals surface area contributed by atoms with Gasteiger partial charge >= 0.3 is 6.09 Å². The molecule has 112 valence electrons. The molecule has 2 amide bonds. The molecule has 2 rings (SSSR count). The molecule has 1 aliphatic heterocycles. The first-order valence-corrected chi connectivity index (χ1v) is 6.51. The van der Waals surface area contributed by atoms with Gasteiger partial charge in [-0.1, -0.05) is 35.5 Å². The van der Waals surface area contributed by atoms with Gasteiger partial charge in [0.05, 0.1) is 6.04 Å². The molecule has 1 aromatic carbocycles. The van der Waals surface area contributed by atoms with Crippen LogP contribution in [0.3, 0.4) is 0 Å². The number of ether oxygens (including phenoxy) is 1. The van der Waals surface area contributed by atoms with Crippen LogP contribution < -0.4 is 5.32 Å². The highest BCUT2D eigenvalue weighted by Crippen LogP contribution is 2.08. The van der Waals surface area contributed by atoms with Crippen LogP contribution in [-0.2, 0) is 21.0 Å². The second-order valence-corrected chi connectivity index (χ2v) is 4.56. The molecule has 1 aliphatic rings. The predicted molar refractivity (Wildman–Crippen MR) is 75.6 cm³/mol. The highest BCUT2D eigenvalue weighted by atomic mass is 16.6. The molecule has 0 saturated carbocycles. The molecule has 1 N–H and O–H groups in total. The quantitative estimate of drug-likeness (QED) is 0.641. The number of hydrogen-bond acceptors (Lipinski definition) is 5. The van der Waals surface area contributed by atoms with E-state index in [2.05, 4.69) is 15.3 Å². The first-order valence-electron chi connectivity index (χ1n) is 6.51. The number of nitrogens with zero attached hydrogens (tertiary/aromatic N) is 2. The van der Waals surface area contributed by atoms with Gasteiger partial charge in [-0.2, -0.15) is 0 Å². The van der Waals surface area contributed by atoms with E-state index in [0.29, 0.717) is 13.1 Å². The Morgan fingerprint density at radius 2 is 2.10 bits per heavy atom. The van der Waals surface area contributed by atoms with Crippen molar-refractivity contribution in [1.29, 1.82) is 0 Å². The van der Waals surface area contributed by atoms with Gasteiger partial charge in [0, 0.05) is 13.1 Å². The number of hydrogen-bond donors (Lipinski definition) is 1. The molecule has 7 heteroatoms. The van der Waals surface area contributed by atoms with Crippen molar-refractivity contribution >= 4 is 18.2 Å². The molecule has 1 fully saturated rings. The summed E-state index contributed by atoms with van der Waals surface area (Å²) in [5.74, 6) is -0.243. The first kappa shape index (κ1) is 14.8. The van der Waals surface area contributed by atoms with E-state index >= 15 is 0 Å². The highest BCUT2D eigenvalue weighted by molar-refractivity contribution is 6.26. The smallest absolute Gasteiger partial charge is 0.407 e. The van der Waals surface area contributed by atoms with Gasteiger partial charge in [-0.3, -0.25) is 4.79 Å². The third-order valence-electron chi connectivity index (χ3n) is 3.00. The van der Waals surface area contributed by atoms with E-state index < -0.39 is 6.09 Å². The zero-order chi connectivity index (χ0) is 15.1. The average molecular weight is 291 g/mol. The van der Waals surface area contributed by atoms with Crippen LogP contribution >= 0.6 is 0 Å². The van der Waals surface area contributed by atoms with Gasteiger partial charge in [-0.05, 0) is 5.56 Å². The first-order chi connectivity index (χ1) is 10.2. The zero-order valence-electron chi connectivity index (χ0n) is 11.7. The van der Waals surface area contributed by atoms with Crippen molar-refractivity contribution in [1.82, 2.24) is 10.2 Å². The third kappa shape index (κ3) is 4.48. The van der Waals surface area contributed by atoms with Crippen LogP contribution in [0.25, 0.3) is 0 Å². The van der Waals surface area contributed by atoms with E-state index in [0.717, 1.165) is 11.8 Å².